The summed E-state index contributed by atoms with van der Waals surface area (Å²) in [6, 6.07) is 9.13. The largest absolute Gasteiger partial charge is 0.489 e. The van der Waals surface area contributed by atoms with E-state index in [9.17, 15) is 0 Å². The van der Waals surface area contributed by atoms with Gasteiger partial charge in [0, 0.05) is 13.1 Å². The zero-order valence-electron chi connectivity index (χ0n) is 18.2. The molecule has 0 aromatic heterocycles. The molecule has 0 saturated carbocycles. The zero-order chi connectivity index (χ0) is 20.4. The van der Waals surface area contributed by atoms with E-state index in [4.69, 9.17) is 9.47 Å². The van der Waals surface area contributed by atoms with Crippen molar-refractivity contribution in [1.29, 1.82) is 0 Å². The maximum Gasteiger partial charge on any atom is 0.125 e. The number of benzene rings is 2. The third-order valence-corrected chi connectivity index (χ3v) is 6.05. The first-order valence-electron chi connectivity index (χ1n) is 10.9. The van der Waals surface area contributed by atoms with Crippen LogP contribution in [-0.4, -0.2) is 38.4 Å². The van der Waals surface area contributed by atoms with Crippen molar-refractivity contribution in [1.82, 2.24) is 10.6 Å². The SMILES string of the molecule is Cc1cc(Cc2cc(C)c(O[C@@H]3CCNC3)c(C)c2)cc(C)c1OC1CCNC1. The van der Waals surface area contributed by atoms with E-state index < -0.39 is 0 Å². The van der Waals surface area contributed by atoms with Gasteiger partial charge in [0.15, 0.2) is 0 Å². The van der Waals surface area contributed by atoms with E-state index in [0.29, 0.717) is 12.2 Å². The van der Waals surface area contributed by atoms with Crippen LogP contribution in [0.2, 0.25) is 0 Å². The normalized spacial score (nSPS) is 21.5. The Morgan fingerprint density at radius 2 is 1.07 bits per heavy atom. The van der Waals surface area contributed by atoms with Crippen LogP contribution in [0.3, 0.4) is 0 Å². The molecular weight excluding hydrogens is 360 g/mol. The molecule has 4 rings (SSSR count). The van der Waals surface area contributed by atoms with Crippen LogP contribution in [0.5, 0.6) is 11.5 Å². The average Bonchev–Trinajstić information content (AvgIpc) is 3.35. The molecule has 2 fully saturated rings. The summed E-state index contributed by atoms with van der Waals surface area (Å²) in [6.45, 7) is 12.7. The van der Waals surface area contributed by atoms with E-state index in [1.165, 1.54) is 33.4 Å². The second-order valence-corrected chi connectivity index (χ2v) is 8.76. The summed E-state index contributed by atoms with van der Waals surface area (Å²) in [6.07, 6.45) is 3.70. The van der Waals surface area contributed by atoms with E-state index >= 15 is 0 Å². The number of hydrogen-bond acceptors (Lipinski definition) is 4. The Balaban J connectivity index is 1.49. The molecule has 2 aromatic rings. The summed E-state index contributed by atoms with van der Waals surface area (Å²) >= 11 is 0. The number of rotatable bonds is 6. The Morgan fingerprint density at radius 1 is 0.690 bits per heavy atom. The molecule has 29 heavy (non-hydrogen) atoms. The van der Waals surface area contributed by atoms with Crippen LogP contribution in [0, 0.1) is 27.7 Å². The van der Waals surface area contributed by atoms with Crippen molar-refractivity contribution in [2.24, 2.45) is 0 Å². The molecule has 2 heterocycles. The minimum atomic E-state index is 0.297. The fourth-order valence-electron chi connectivity index (χ4n) is 4.68. The monoisotopic (exact) mass is 394 g/mol. The molecular formula is C25H34N2O2. The maximum absolute atomic E-state index is 6.28. The van der Waals surface area contributed by atoms with Crippen LogP contribution in [0.1, 0.15) is 46.2 Å². The zero-order valence-corrected chi connectivity index (χ0v) is 18.2. The van der Waals surface area contributed by atoms with Gasteiger partial charge in [0.25, 0.3) is 0 Å². The van der Waals surface area contributed by atoms with Crippen molar-refractivity contribution in [3.8, 4) is 11.5 Å². The highest BCUT2D eigenvalue weighted by Crippen LogP contribution is 2.30. The third-order valence-electron chi connectivity index (χ3n) is 6.05. The second kappa shape index (κ2) is 8.76. The Labute approximate surface area is 175 Å². The van der Waals surface area contributed by atoms with E-state index in [0.717, 1.165) is 56.9 Å². The van der Waals surface area contributed by atoms with E-state index in [2.05, 4.69) is 62.6 Å². The van der Waals surface area contributed by atoms with Gasteiger partial charge in [-0.15, -0.1) is 0 Å². The third kappa shape index (κ3) is 4.76. The number of ether oxygens (including phenoxy) is 2. The van der Waals surface area contributed by atoms with E-state index in [-0.39, 0.29) is 0 Å². The van der Waals surface area contributed by atoms with Crippen LogP contribution >= 0.6 is 0 Å². The lowest BCUT2D eigenvalue weighted by Crippen LogP contribution is -2.20. The Bertz CT molecular complexity index is 748. The van der Waals surface area contributed by atoms with Crippen molar-refractivity contribution >= 4 is 0 Å². The predicted octanol–water partition coefficient (Wildman–Crippen LogP) is 3.99. The standard InChI is InChI=1S/C25H34N2O2/c1-16-9-20(10-17(2)24(16)28-22-5-7-26-14-22)13-21-11-18(3)25(19(4)12-21)29-23-6-8-27-15-23/h9-12,22-23,26-27H,5-8,13-15H2,1-4H3/t22-,23?/m1/s1. The fraction of sp³-hybridized carbons (Fsp3) is 0.520. The van der Waals surface area contributed by atoms with Crippen molar-refractivity contribution in [3.63, 3.8) is 0 Å². The first kappa shape index (κ1) is 20.2. The van der Waals surface area contributed by atoms with Gasteiger partial charge in [0.1, 0.15) is 23.7 Å². The van der Waals surface area contributed by atoms with Crippen LogP contribution in [0.25, 0.3) is 0 Å². The van der Waals surface area contributed by atoms with Gasteiger partial charge in [-0.05, 0) is 93.4 Å². The van der Waals surface area contributed by atoms with Gasteiger partial charge in [-0.2, -0.15) is 0 Å². The minimum absolute atomic E-state index is 0.297. The highest BCUT2D eigenvalue weighted by atomic mass is 16.5. The topological polar surface area (TPSA) is 42.5 Å². The summed E-state index contributed by atoms with van der Waals surface area (Å²) < 4.78 is 12.6. The predicted molar refractivity (Wildman–Crippen MR) is 118 cm³/mol. The van der Waals surface area contributed by atoms with Crippen LogP contribution in [-0.2, 0) is 6.42 Å². The number of aryl methyl sites for hydroxylation is 4. The molecule has 1 unspecified atom stereocenters. The quantitative estimate of drug-likeness (QED) is 0.777. The first-order valence-corrected chi connectivity index (χ1v) is 10.9. The molecule has 4 heteroatoms. The lowest BCUT2D eigenvalue weighted by molar-refractivity contribution is 0.220. The molecule has 2 aliphatic heterocycles. The van der Waals surface area contributed by atoms with Crippen LogP contribution < -0.4 is 20.1 Å². The lowest BCUT2D eigenvalue weighted by atomic mass is 9.97. The average molecular weight is 395 g/mol. The number of hydrogen-bond donors (Lipinski definition) is 2. The summed E-state index contributed by atoms with van der Waals surface area (Å²) in [4.78, 5) is 0. The number of nitrogens with one attached hydrogen (secondary N) is 2. The van der Waals surface area contributed by atoms with E-state index in [1.54, 1.807) is 0 Å². The van der Waals surface area contributed by atoms with Gasteiger partial charge < -0.3 is 20.1 Å². The van der Waals surface area contributed by atoms with Gasteiger partial charge in [-0.1, -0.05) is 24.3 Å². The molecule has 156 valence electrons. The molecule has 0 aliphatic carbocycles. The summed E-state index contributed by atoms with van der Waals surface area (Å²) in [7, 11) is 0. The molecule has 0 amide bonds. The van der Waals surface area contributed by atoms with Crippen molar-refractivity contribution in [2.75, 3.05) is 26.2 Å². The fourth-order valence-corrected chi connectivity index (χ4v) is 4.68. The lowest BCUT2D eigenvalue weighted by Gasteiger charge is -2.19. The maximum atomic E-state index is 6.28. The first-order chi connectivity index (χ1) is 14.0. The summed E-state index contributed by atoms with van der Waals surface area (Å²) in [5, 5.41) is 6.75. The molecule has 2 aliphatic rings. The molecule has 2 N–H and O–H groups in total. The highest BCUT2D eigenvalue weighted by Gasteiger charge is 2.20. The smallest absolute Gasteiger partial charge is 0.125 e. The van der Waals surface area contributed by atoms with E-state index in [1.807, 2.05) is 0 Å². The highest BCUT2D eigenvalue weighted by molar-refractivity contribution is 5.48. The van der Waals surface area contributed by atoms with Crippen molar-refractivity contribution in [3.05, 3.63) is 57.6 Å². The molecule has 0 radical (unpaired) electrons. The minimum Gasteiger partial charge on any atom is -0.489 e. The van der Waals surface area contributed by atoms with Gasteiger partial charge in [-0.25, -0.2) is 0 Å². The molecule has 2 saturated heterocycles. The Morgan fingerprint density at radius 3 is 1.38 bits per heavy atom. The molecule has 2 aromatic carbocycles. The Kier molecular flexibility index (Phi) is 6.12. The van der Waals surface area contributed by atoms with Gasteiger partial charge in [0.05, 0.1) is 0 Å². The molecule has 4 nitrogen and oxygen atoms in total. The van der Waals surface area contributed by atoms with Crippen LogP contribution in [0.4, 0.5) is 0 Å². The molecule has 2 atom stereocenters. The molecule has 0 spiro atoms. The molecule has 0 bridgehead atoms. The van der Waals surface area contributed by atoms with Crippen molar-refractivity contribution < 1.29 is 9.47 Å². The van der Waals surface area contributed by atoms with Gasteiger partial charge in [0.2, 0.25) is 0 Å². The van der Waals surface area contributed by atoms with Gasteiger partial charge in [-0.3, -0.25) is 0 Å². The second-order valence-electron chi connectivity index (χ2n) is 8.76. The summed E-state index contributed by atoms with van der Waals surface area (Å²) in [5.41, 5.74) is 7.60. The Hall–Kier alpha value is -2.04. The van der Waals surface area contributed by atoms with Gasteiger partial charge >= 0.3 is 0 Å². The van der Waals surface area contributed by atoms with Crippen LogP contribution in [0.15, 0.2) is 24.3 Å². The van der Waals surface area contributed by atoms with Crippen molar-refractivity contribution in [2.45, 2.75) is 59.2 Å². The summed E-state index contributed by atoms with van der Waals surface area (Å²) in [5.74, 6) is 2.12.